The van der Waals surface area contributed by atoms with Gasteiger partial charge in [0.1, 0.15) is 6.61 Å². The van der Waals surface area contributed by atoms with Gasteiger partial charge in [0, 0.05) is 44.7 Å². The minimum absolute atomic E-state index is 0.0289. The van der Waals surface area contributed by atoms with Gasteiger partial charge in [-0.15, -0.1) is 0 Å². The number of rotatable bonds is 5. The maximum Gasteiger partial charge on any atom is 0.267 e. The van der Waals surface area contributed by atoms with Gasteiger partial charge >= 0.3 is 0 Å². The molecule has 1 unspecified atom stereocenters. The zero-order valence-corrected chi connectivity index (χ0v) is 20.3. The summed E-state index contributed by atoms with van der Waals surface area (Å²) in [6.07, 6.45) is -0.368. The fourth-order valence-corrected chi connectivity index (χ4v) is 4.56. The van der Waals surface area contributed by atoms with Crippen LogP contribution in [0.3, 0.4) is 0 Å². The second-order valence-corrected chi connectivity index (χ2v) is 9.08. The molecule has 0 aliphatic carbocycles. The molecule has 1 N–H and O–H groups in total. The van der Waals surface area contributed by atoms with Gasteiger partial charge in [0.2, 0.25) is 12.0 Å². The van der Waals surface area contributed by atoms with Crippen molar-refractivity contribution in [1.29, 1.82) is 0 Å². The molecule has 0 radical (unpaired) electrons. The molecule has 35 heavy (non-hydrogen) atoms. The molecule has 10 heteroatoms. The molecule has 5 rings (SSSR count). The predicted molar refractivity (Wildman–Crippen MR) is 132 cm³/mol. The lowest BCUT2D eigenvalue weighted by atomic mass is 10.1. The van der Waals surface area contributed by atoms with Crippen molar-refractivity contribution >= 4 is 24.0 Å². The van der Waals surface area contributed by atoms with Crippen LogP contribution in [-0.2, 0) is 16.1 Å². The van der Waals surface area contributed by atoms with Crippen molar-refractivity contribution in [3.63, 3.8) is 0 Å². The Morgan fingerprint density at radius 1 is 1.03 bits per heavy atom. The Kier molecular flexibility index (Phi) is 6.54. The molecule has 1 saturated heterocycles. The maximum atomic E-state index is 12.9. The van der Waals surface area contributed by atoms with Crippen LogP contribution in [0.5, 0.6) is 11.5 Å². The Hall–Kier alpha value is -3.66. The Balaban J connectivity index is 1.14. The summed E-state index contributed by atoms with van der Waals surface area (Å²) in [5.41, 5.74) is 2.11. The van der Waals surface area contributed by atoms with E-state index < -0.39 is 6.10 Å². The number of piperazine rings is 1. The summed E-state index contributed by atoms with van der Waals surface area (Å²) in [6.45, 7) is 4.54. The minimum Gasteiger partial charge on any atom is -0.485 e. The van der Waals surface area contributed by atoms with E-state index in [0.29, 0.717) is 55.4 Å². The molecule has 1 aromatic heterocycles. The Labute approximate surface area is 208 Å². The van der Waals surface area contributed by atoms with Crippen LogP contribution in [0.1, 0.15) is 12.0 Å². The number of aromatic amines is 1. The van der Waals surface area contributed by atoms with Crippen LogP contribution in [0.4, 0.5) is 0 Å². The van der Waals surface area contributed by atoms with Gasteiger partial charge in [0.05, 0.1) is 0 Å². The van der Waals surface area contributed by atoms with Crippen LogP contribution in [0.15, 0.2) is 48.5 Å². The molecule has 0 saturated carbocycles. The van der Waals surface area contributed by atoms with Gasteiger partial charge in [-0.1, -0.05) is 42.0 Å². The van der Waals surface area contributed by atoms with E-state index >= 15 is 0 Å². The standard InChI is InChI=1S/C25H27N5O4S/c1-17-6-8-18(9-7-17)23-26-27-25(35)30(23)11-10-22(31)28-12-14-29(15-13-28)24(32)21-16-33-19-4-2-3-5-20(19)34-21/h2-9,21H,10-16H2,1H3,(H,27,35). The smallest absolute Gasteiger partial charge is 0.267 e. The summed E-state index contributed by atoms with van der Waals surface area (Å²) >= 11 is 5.39. The van der Waals surface area contributed by atoms with Crippen LogP contribution >= 0.6 is 12.2 Å². The van der Waals surface area contributed by atoms with Crippen LogP contribution < -0.4 is 9.47 Å². The van der Waals surface area contributed by atoms with E-state index in [2.05, 4.69) is 10.2 Å². The number of ether oxygens (including phenoxy) is 2. The Morgan fingerprint density at radius 3 is 2.46 bits per heavy atom. The fraction of sp³-hybridized carbons (Fsp3) is 0.360. The molecule has 1 fully saturated rings. The van der Waals surface area contributed by atoms with Crippen LogP contribution in [0.25, 0.3) is 11.4 Å². The molecule has 3 aromatic rings. The van der Waals surface area contributed by atoms with E-state index in [1.54, 1.807) is 15.9 Å². The lowest BCUT2D eigenvalue weighted by Crippen LogP contribution is -2.55. The van der Waals surface area contributed by atoms with Crippen LogP contribution in [0, 0.1) is 11.7 Å². The number of amides is 2. The van der Waals surface area contributed by atoms with Crippen molar-refractivity contribution in [3.05, 3.63) is 58.9 Å². The van der Waals surface area contributed by atoms with Gasteiger partial charge in [-0.3, -0.25) is 19.3 Å². The Bertz CT molecular complexity index is 1280. The lowest BCUT2D eigenvalue weighted by Gasteiger charge is -2.37. The van der Waals surface area contributed by atoms with Gasteiger partial charge in [0.25, 0.3) is 5.91 Å². The molecule has 1 atom stereocenters. The number of H-pyrrole nitrogens is 1. The second-order valence-electron chi connectivity index (χ2n) is 8.69. The van der Waals surface area contributed by atoms with Crippen LogP contribution in [-0.4, -0.2) is 75.3 Å². The quantitative estimate of drug-likeness (QED) is 0.550. The number of nitrogens with one attached hydrogen (secondary N) is 1. The summed E-state index contributed by atoms with van der Waals surface area (Å²) in [6, 6.07) is 15.4. The highest BCUT2D eigenvalue weighted by molar-refractivity contribution is 7.71. The summed E-state index contributed by atoms with van der Waals surface area (Å²) in [5, 5.41) is 7.18. The number of carbonyl (C=O) groups excluding carboxylic acids is 2. The van der Waals surface area contributed by atoms with E-state index in [0.717, 1.165) is 17.0 Å². The summed E-state index contributed by atoms with van der Waals surface area (Å²) in [7, 11) is 0. The number of para-hydroxylation sites is 2. The van der Waals surface area contributed by atoms with E-state index in [1.807, 2.05) is 54.0 Å². The molecule has 182 valence electrons. The lowest BCUT2D eigenvalue weighted by molar-refractivity contribution is -0.146. The average molecular weight is 494 g/mol. The summed E-state index contributed by atoms with van der Waals surface area (Å²) in [5.74, 6) is 1.86. The molecular weight excluding hydrogens is 466 g/mol. The first-order chi connectivity index (χ1) is 17.0. The first-order valence-corrected chi connectivity index (χ1v) is 12.1. The third kappa shape index (κ3) is 4.93. The van der Waals surface area contributed by atoms with Gasteiger partial charge in [-0.2, -0.15) is 5.10 Å². The number of aryl methyl sites for hydroxylation is 1. The van der Waals surface area contributed by atoms with E-state index in [9.17, 15) is 9.59 Å². The largest absolute Gasteiger partial charge is 0.485 e. The molecule has 2 aliphatic heterocycles. The summed E-state index contributed by atoms with van der Waals surface area (Å²) < 4.78 is 13.9. The monoisotopic (exact) mass is 493 g/mol. The van der Waals surface area contributed by atoms with Gasteiger partial charge in [-0.25, -0.2) is 0 Å². The minimum atomic E-state index is -0.671. The zero-order chi connectivity index (χ0) is 24.4. The zero-order valence-electron chi connectivity index (χ0n) is 19.5. The van der Waals surface area contributed by atoms with E-state index in [1.165, 1.54) is 0 Å². The number of aromatic nitrogens is 3. The van der Waals surface area contributed by atoms with Crippen molar-refractivity contribution in [2.75, 3.05) is 32.8 Å². The third-order valence-corrected chi connectivity index (χ3v) is 6.66. The molecule has 0 spiro atoms. The maximum absolute atomic E-state index is 12.9. The molecule has 3 heterocycles. The number of benzene rings is 2. The van der Waals surface area contributed by atoms with Crippen LogP contribution in [0.2, 0.25) is 0 Å². The van der Waals surface area contributed by atoms with Crippen molar-refractivity contribution in [1.82, 2.24) is 24.6 Å². The predicted octanol–water partition coefficient (Wildman–Crippen LogP) is 2.82. The van der Waals surface area contributed by atoms with Crippen molar-refractivity contribution in [2.45, 2.75) is 26.0 Å². The van der Waals surface area contributed by atoms with Crippen molar-refractivity contribution in [2.24, 2.45) is 0 Å². The molecule has 0 bridgehead atoms. The molecule has 2 aromatic carbocycles. The molecule has 2 aliphatic rings. The van der Waals surface area contributed by atoms with E-state index in [-0.39, 0.29) is 18.4 Å². The van der Waals surface area contributed by atoms with Gasteiger partial charge < -0.3 is 19.3 Å². The summed E-state index contributed by atoms with van der Waals surface area (Å²) in [4.78, 5) is 29.4. The SMILES string of the molecule is Cc1ccc(-c2n[nH]c(=S)n2CCC(=O)N2CCN(C(=O)C3COc4ccccc4O3)CC2)cc1. The number of carbonyl (C=O) groups is 2. The number of hydrogen-bond acceptors (Lipinski definition) is 6. The van der Waals surface area contributed by atoms with E-state index in [4.69, 9.17) is 21.7 Å². The molecule has 9 nitrogen and oxygen atoms in total. The number of nitrogens with zero attached hydrogens (tertiary/aromatic N) is 4. The first-order valence-electron chi connectivity index (χ1n) is 11.7. The van der Waals surface area contributed by atoms with Crippen molar-refractivity contribution < 1.29 is 19.1 Å². The van der Waals surface area contributed by atoms with Crippen molar-refractivity contribution in [3.8, 4) is 22.9 Å². The first kappa shape index (κ1) is 23.1. The number of hydrogen-bond donors (Lipinski definition) is 1. The second kappa shape index (κ2) is 9.91. The topological polar surface area (TPSA) is 92.7 Å². The highest BCUT2D eigenvalue weighted by atomic mass is 32.1. The Morgan fingerprint density at radius 2 is 1.71 bits per heavy atom. The fourth-order valence-electron chi connectivity index (χ4n) is 4.33. The normalized spacial score (nSPS) is 17.3. The average Bonchev–Trinajstić information content (AvgIpc) is 3.27. The highest BCUT2D eigenvalue weighted by Gasteiger charge is 2.33. The molecular formula is C25H27N5O4S. The van der Waals surface area contributed by atoms with Gasteiger partial charge in [0.15, 0.2) is 22.1 Å². The molecule has 2 amide bonds. The third-order valence-electron chi connectivity index (χ3n) is 6.35. The van der Waals surface area contributed by atoms with Gasteiger partial charge in [-0.05, 0) is 31.3 Å². The highest BCUT2D eigenvalue weighted by Crippen LogP contribution is 2.31. The number of fused-ring (bicyclic) bond motifs is 1.